The zero-order chi connectivity index (χ0) is 17.2. The summed E-state index contributed by atoms with van der Waals surface area (Å²) >= 11 is 0. The van der Waals surface area contributed by atoms with Gasteiger partial charge in [-0.15, -0.1) is 0 Å². The highest BCUT2D eigenvalue weighted by Gasteiger charge is 2.65. The summed E-state index contributed by atoms with van der Waals surface area (Å²) in [6, 6.07) is 9.31. The minimum atomic E-state index is -1.54. The van der Waals surface area contributed by atoms with Gasteiger partial charge in [-0.1, -0.05) is 37.3 Å². The first-order chi connectivity index (χ1) is 11.6. The third kappa shape index (κ3) is 2.60. The number of piperidine rings is 1. The average molecular weight is 330 g/mol. The molecule has 1 aromatic rings. The molecule has 2 fully saturated rings. The molecule has 2 amide bonds. The van der Waals surface area contributed by atoms with E-state index >= 15 is 0 Å². The maximum absolute atomic E-state index is 13.0. The van der Waals surface area contributed by atoms with E-state index in [1.807, 2.05) is 37.3 Å². The van der Waals surface area contributed by atoms with Gasteiger partial charge in [0, 0.05) is 0 Å². The van der Waals surface area contributed by atoms with E-state index in [0.29, 0.717) is 19.4 Å². The highest BCUT2D eigenvalue weighted by atomic mass is 16.5. The Labute approximate surface area is 141 Å². The van der Waals surface area contributed by atoms with Crippen LogP contribution in [-0.4, -0.2) is 41.4 Å². The maximum Gasteiger partial charge on any atom is 0.337 e. The van der Waals surface area contributed by atoms with E-state index in [0.717, 1.165) is 12.0 Å². The molecule has 0 aromatic heterocycles. The van der Waals surface area contributed by atoms with Gasteiger partial charge in [-0.25, -0.2) is 4.79 Å². The van der Waals surface area contributed by atoms with Gasteiger partial charge in [0.1, 0.15) is 0 Å². The summed E-state index contributed by atoms with van der Waals surface area (Å²) in [6.45, 7) is 2.84. The molecule has 128 valence electrons. The Morgan fingerprint density at radius 2 is 2.08 bits per heavy atom. The number of rotatable bonds is 5. The van der Waals surface area contributed by atoms with E-state index in [2.05, 4.69) is 5.32 Å². The number of amides is 2. The summed E-state index contributed by atoms with van der Waals surface area (Å²) in [5, 5.41) is 3.01. The Hall–Kier alpha value is -2.21. The molecule has 6 nitrogen and oxygen atoms in total. The summed E-state index contributed by atoms with van der Waals surface area (Å²) in [6.07, 6.45) is 1.94. The Bertz CT molecular complexity index is 646. The van der Waals surface area contributed by atoms with Gasteiger partial charge in [0.2, 0.25) is 11.4 Å². The van der Waals surface area contributed by atoms with Gasteiger partial charge in [-0.05, 0) is 31.4 Å². The Morgan fingerprint density at radius 3 is 2.79 bits per heavy atom. The molecule has 0 aliphatic carbocycles. The van der Waals surface area contributed by atoms with Crippen molar-refractivity contribution in [2.75, 3.05) is 13.2 Å². The van der Waals surface area contributed by atoms with Gasteiger partial charge >= 0.3 is 5.97 Å². The smallest absolute Gasteiger partial charge is 0.337 e. The highest BCUT2D eigenvalue weighted by Crippen LogP contribution is 2.38. The second-order valence-electron chi connectivity index (χ2n) is 6.28. The number of nitrogens with zero attached hydrogens (tertiary/aromatic N) is 1. The Morgan fingerprint density at radius 1 is 1.33 bits per heavy atom. The van der Waals surface area contributed by atoms with Crippen molar-refractivity contribution in [1.29, 1.82) is 0 Å². The maximum atomic E-state index is 13.0. The minimum absolute atomic E-state index is 0.180. The first-order valence-electron chi connectivity index (χ1n) is 8.43. The van der Waals surface area contributed by atoms with Gasteiger partial charge in [-0.3, -0.25) is 19.8 Å². The fourth-order valence-electron chi connectivity index (χ4n) is 3.49. The molecule has 0 bridgehead atoms. The van der Waals surface area contributed by atoms with Gasteiger partial charge in [0.25, 0.3) is 5.91 Å². The van der Waals surface area contributed by atoms with Crippen LogP contribution in [0.25, 0.3) is 0 Å². The number of carbonyl (C=O) groups excluding carboxylic acids is 3. The lowest BCUT2D eigenvalue weighted by Crippen LogP contribution is -2.64. The lowest BCUT2D eigenvalue weighted by molar-refractivity contribution is -0.159. The van der Waals surface area contributed by atoms with E-state index in [1.54, 1.807) is 0 Å². The molecule has 2 aliphatic heterocycles. The lowest BCUT2D eigenvalue weighted by atomic mass is 9.80. The van der Waals surface area contributed by atoms with E-state index in [-0.39, 0.29) is 19.1 Å². The number of hydrogen-bond donors (Lipinski definition) is 1. The fourth-order valence-corrected chi connectivity index (χ4v) is 3.49. The Kier molecular flexibility index (Phi) is 4.66. The number of fused-ring (bicyclic) bond motifs is 1. The molecule has 0 spiro atoms. The Balaban J connectivity index is 1.90. The molecule has 2 aliphatic rings. The standard InChI is InChI=1S/C18H22N2O4/c1-2-11-24-17(23)18-14(9-6-10-19-18)15(21)20(16(18)22)12-13-7-4-3-5-8-13/h3-5,7-8,14,19H,2,6,9-12H2,1H3. The molecule has 24 heavy (non-hydrogen) atoms. The van der Waals surface area contributed by atoms with Crippen LogP contribution < -0.4 is 5.32 Å². The second-order valence-corrected chi connectivity index (χ2v) is 6.28. The topological polar surface area (TPSA) is 75.7 Å². The molecule has 2 unspecified atom stereocenters. The molecule has 0 saturated carbocycles. The molecule has 2 atom stereocenters. The SMILES string of the molecule is CCCOC(=O)C12NCCCC1C(=O)N(Cc1ccccc1)C2=O. The van der Waals surface area contributed by atoms with Crippen LogP contribution in [0.4, 0.5) is 0 Å². The van der Waals surface area contributed by atoms with E-state index in [9.17, 15) is 14.4 Å². The third-order valence-electron chi connectivity index (χ3n) is 4.69. The number of nitrogens with one attached hydrogen (secondary N) is 1. The van der Waals surface area contributed by atoms with Crippen molar-refractivity contribution in [1.82, 2.24) is 10.2 Å². The van der Waals surface area contributed by atoms with Crippen LogP contribution in [0.3, 0.4) is 0 Å². The number of ether oxygens (including phenoxy) is 1. The van der Waals surface area contributed by atoms with Crippen molar-refractivity contribution in [3.63, 3.8) is 0 Å². The number of imide groups is 1. The normalized spacial score (nSPS) is 26.4. The molecular weight excluding hydrogens is 308 g/mol. The van der Waals surface area contributed by atoms with Crippen molar-refractivity contribution < 1.29 is 19.1 Å². The molecular formula is C18H22N2O4. The van der Waals surface area contributed by atoms with Crippen LogP contribution in [0.15, 0.2) is 30.3 Å². The van der Waals surface area contributed by atoms with Crippen molar-refractivity contribution in [2.45, 2.75) is 38.3 Å². The average Bonchev–Trinajstić information content (AvgIpc) is 2.83. The van der Waals surface area contributed by atoms with E-state index in [4.69, 9.17) is 4.74 Å². The summed E-state index contributed by atoms with van der Waals surface area (Å²) in [7, 11) is 0. The molecule has 2 saturated heterocycles. The second kappa shape index (κ2) is 6.73. The van der Waals surface area contributed by atoms with Crippen LogP contribution in [0, 0.1) is 5.92 Å². The highest BCUT2D eigenvalue weighted by molar-refractivity contribution is 6.21. The minimum Gasteiger partial charge on any atom is -0.464 e. The fraction of sp³-hybridized carbons (Fsp3) is 0.500. The number of hydrogen-bond acceptors (Lipinski definition) is 5. The van der Waals surface area contributed by atoms with Gasteiger partial charge in [-0.2, -0.15) is 0 Å². The molecule has 1 aromatic carbocycles. The predicted octanol–water partition coefficient (Wildman–Crippen LogP) is 1.25. The van der Waals surface area contributed by atoms with Gasteiger partial charge < -0.3 is 4.74 Å². The van der Waals surface area contributed by atoms with Crippen LogP contribution in [0.2, 0.25) is 0 Å². The molecule has 6 heteroatoms. The first-order valence-corrected chi connectivity index (χ1v) is 8.43. The summed E-state index contributed by atoms with van der Waals surface area (Å²) in [5.74, 6) is -2.07. The number of esters is 1. The van der Waals surface area contributed by atoms with Crippen molar-refractivity contribution >= 4 is 17.8 Å². The number of carbonyl (C=O) groups is 3. The largest absolute Gasteiger partial charge is 0.464 e. The number of benzene rings is 1. The summed E-state index contributed by atoms with van der Waals surface area (Å²) < 4.78 is 5.25. The third-order valence-corrected chi connectivity index (χ3v) is 4.69. The summed E-state index contributed by atoms with van der Waals surface area (Å²) in [4.78, 5) is 39.6. The molecule has 2 heterocycles. The van der Waals surface area contributed by atoms with E-state index in [1.165, 1.54) is 4.90 Å². The number of likely N-dealkylation sites (tertiary alicyclic amines) is 1. The van der Waals surface area contributed by atoms with Crippen molar-refractivity contribution in [2.24, 2.45) is 5.92 Å². The van der Waals surface area contributed by atoms with Crippen LogP contribution in [0.1, 0.15) is 31.7 Å². The zero-order valence-corrected chi connectivity index (χ0v) is 13.8. The first kappa shape index (κ1) is 16.6. The molecule has 3 rings (SSSR count). The van der Waals surface area contributed by atoms with Crippen LogP contribution >= 0.6 is 0 Å². The summed E-state index contributed by atoms with van der Waals surface area (Å²) in [5.41, 5.74) is -0.686. The van der Waals surface area contributed by atoms with Crippen LogP contribution in [0.5, 0.6) is 0 Å². The molecule has 0 radical (unpaired) electrons. The van der Waals surface area contributed by atoms with Crippen LogP contribution in [-0.2, 0) is 25.7 Å². The monoisotopic (exact) mass is 330 g/mol. The van der Waals surface area contributed by atoms with Gasteiger partial charge in [0.15, 0.2) is 0 Å². The van der Waals surface area contributed by atoms with E-state index < -0.39 is 23.3 Å². The lowest BCUT2D eigenvalue weighted by Gasteiger charge is -2.34. The van der Waals surface area contributed by atoms with Crippen molar-refractivity contribution in [3.8, 4) is 0 Å². The predicted molar refractivity (Wildman–Crippen MR) is 86.7 cm³/mol. The molecule has 1 N–H and O–H groups in total. The quantitative estimate of drug-likeness (QED) is 0.499. The van der Waals surface area contributed by atoms with Crippen molar-refractivity contribution in [3.05, 3.63) is 35.9 Å². The van der Waals surface area contributed by atoms with Gasteiger partial charge in [0.05, 0.1) is 19.1 Å². The zero-order valence-electron chi connectivity index (χ0n) is 13.8.